The van der Waals surface area contributed by atoms with Crippen molar-refractivity contribution in [1.29, 1.82) is 0 Å². The van der Waals surface area contributed by atoms with Crippen LogP contribution in [0.3, 0.4) is 0 Å². The van der Waals surface area contributed by atoms with E-state index in [1.165, 1.54) is 5.56 Å². The normalized spacial score (nSPS) is 17.3. The van der Waals surface area contributed by atoms with Crippen molar-refractivity contribution in [3.63, 3.8) is 0 Å². The Kier molecular flexibility index (Phi) is 5.00. The summed E-state index contributed by atoms with van der Waals surface area (Å²) in [4.78, 5) is 9.87. The minimum atomic E-state index is 0.338. The Morgan fingerprint density at radius 3 is 2.76 bits per heavy atom. The molecule has 2 aromatic carbocycles. The van der Waals surface area contributed by atoms with Gasteiger partial charge in [-0.05, 0) is 48.9 Å². The molecule has 8 heteroatoms. The zero-order valence-corrected chi connectivity index (χ0v) is 19.0. The second kappa shape index (κ2) is 8.17. The predicted octanol–water partition coefficient (Wildman–Crippen LogP) is 4.90. The number of hydrogen-bond acceptors (Lipinski definition) is 6. The van der Waals surface area contributed by atoms with E-state index in [1.807, 2.05) is 59.0 Å². The fourth-order valence-electron chi connectivity index (χ4n) is 4.63. The minimum Gasteiger partial charge on any atom is -0.461 e. The van der Waals surface area contributed by atoms with Crippen LogP contribution in [0.4, 0.5) is 5.95 Å². The average molecular weight is 459 g/mol. The van der Waals surface area contributed by atoms with Gasteiger partial charge in [0.15, 0.2) is 11.4 Å². The summed E-state index contributed by atoms with van der Waals surface area (Å²) in [6, 6.07) is 20.3. The molecule has 7 nitrogen and oxygen atoms in total. The van der Waals surface area contributed by atoms with Crippen molar-refractivity contribution in [3.8, 4) is 11.6 Å². The Labute approximate surface area is 196 Å². The van der Waals surface area contributed by atoms with Gasteiger partial charge in [-0.1, -0.05) is 35.9 Å². The summed E-state index contributed by atoms with van der Waals surface area (Å²) in [6.07, 6.45) is 1.65. The number of anilines is 1. The van der Waals surface area contributed by atoms with Crippen molar-refractivity contribution < 1.29 is 4.42 Å². The van der Waals surface area contributed by atoms with Gasteiger partial charge in [0.1, 0.15) is 0 Å². The van der Waals surface area contributed by atoms with Gasteiger partial charge in [-0.15, -0.1) is 10.2 Å². The van der Waals surface area contributed by atoms with E-state index in [1.54, 1.807) is 6.26 Å². The molecule has 1 atom stereocenters. The number of nitrogens with zero attached hydrogens (tertiary/aromatic N) is 6. The number of aromatic nitrogens is 4. The zero-order chi connectivity index (χ0) is 22.4. The van der Waals surface area contributed by atoms with Crippen molar-refractivity contribution in [2.45, 2.75) is 19.5 Å². The smallest absolute Gasteiger partial charge is 0.213 e. The van der Waals surface area contributed by atoms with Crippen molar-refractivity contribution in [2.24, 2.45) is 0 Å². The standard InChI is InChI=1S/C25H23ClN6O/c1-17-15-31(12-11-30(17)16-18-6-4-7-19(26)14-18)25-27-21-9-3-2-8-20(21)23-28-29-24(32(23)25)22-10-5-13-33-22/h2-10,13-14,17H,11-12,15-16H2,1H3. The van der Waals surface area contributed by atoms with E-state index in [4.69, 9.17) is 21.0 Å². The number of furan rings is 1. The van der Waals surface area contributed by atoms with Crippen LogP contribution in [-0.2, 0) is 6.54 Å². The van der Waals surface area contributed by atoms with Crippen LogP contribution >= 0.6 is 11.6 Å². The van der Waals surface area contributed by atoms with E-state index < -0.39 is 0 Å². The predicted molar refractivity (Wildman–Crippen MR) is 130 cm³/mol. The fourth-order valence-corrected chi connectivity index (χ4v) is 4.84. The molecule has 0 bridgehead atoms. The molecular formula is C25H23ClN6O. The third-order valence-corrected chi connectivity index (χ3v) is 6.53. The summed E-state index contributed by atoms with van der Waals surface area (Å²) in [6.45, 7) is 5.74. The van der Waals surface area contributed by atoms with E-state index in [2.05, 4.69) is 33.0 Å². The van der Waals surface area contributed by atoms with E-state index >= 15 is 0 Å². The number of para-hydroxylation sites is 1. The summed E-state index contributed by atoms with van der Waals surface area (Å²) >= 11 is 6.19. The summed E-state index contributed by atoms with van der Waals surface area (Å²) in [5, 5.41) is 10.7. The molecule has 1 unspecified atom stereocenters. The quantitative estimate of drug-likeness (QED) is 0.381. The molecule has 1 saturated heterocycles. The first-order chi connectivity index (χ1) is 16.2. The first-order valence-electron chi connectivity index (χ1n) is 11.1. The summed E-state index contributed by atoms with van der Waals surface area (Å²) in [5.41, 5.74) is 2.93. The van der Waals surface area contributed by atoms with Crippen LogP contribution in [0, 0.1) is 0 Å². The number of hydrogen-bond donors (Lipinski definition) is 0. The van der Waals surface area contributed by atoms with Crippen LogP contribution in [0.1, 0.15) is 12.5 Å². The summed E-state index contributed by atoms with van der Waals surface area (Å²) in [7, 11) is 0. The fraction of sp³-hybridized carbons (Fsp3) is 0.240. The largest absolute Gasteiger partial charge is 0.461 e. The molecule has 0 aliphatic carbocycles. The first-order valence-corrected chi connectivity index (χ1v) is 11.5. The minimum absolute atomic E-state index is 0.338. The molecule has 166 valence electrons. The lowest BCUT2D eigenvalue weighted by atomic mass is 10.1. The second-order valence-corrected chi connectivity index (χ2v) is 8.92. The molecule has 4 heterocycles. The maximum atomic E-state index is 6.19. The van der Waals surface area contributed by atoms with Crippen LogP contribution < -0.4 is 4.90 Å². The van der Waals surface area contributed by atoms with Crippen LogP contribution in [-0.4, -0.2) is 50.2 Å². The molecule has 33 heavy (non-hydrogen) atoms. The van der Waals surface area contributed by atoms with Gasteiger partial charge in [0.2, 0.25) is 11.8 Å². The number of piperazine rings is 1. The topological polar surface area (TPSA) is 62.7 Å². The van der Waals surface area contributed by atoms with Gasteiger partial charge in [-0.2, -0.15) is 0 Å². The van der Waals surface area contributed by atoms with E-state index in [-0.39, 0.29) is 0 Å². The number of benzene rings is 2. The van der Waals surface area contributed by atoms with Gasteiger partial charge in [0.25, 0.3) is 0 Å². The summed E-state index contributed by atoms with van der Waals surface area (Å²) in [5.74, 6) is 2.18. The van der Waals surface area contributed by atoms with Gasteiger partial charge in [0.05, 0.1) is 11.8 Å². The monoisotopic (exact) mass is 458 g/mol. The third-order valence-electron chi connectivity index (χ3n) is 6.29. The van der Waals surface area contributed by atoms with E-state index in [0.29, 0.717) is 17.6 Å². The van der Waals surface area contributed by atoms with E-state index in [0.717, 1.165) is 53.7 Å². The zero-order valence-electron chi connectivity index (χ0n) is 18.2. The van der Waals surface area contributed by atoms with Gasteiger partial charge in [-0.25, -0.2) is 9.38 Å². The molecule has 3 aromatic heterocycles. The lowest BCUT2D eigenvalue weighted by Gasteiger charge is -2.40. The molecular weight excluding hydrogens is 436 g/mol. The number of rotatable bonds is 4. The van der Waals surface area contributed by atoms with Crippen LogP contribution in [0.15, 0.2) is 71.3 Å². The van der Waals surface area contributed by atoms with Crippen molar-refractivity contribution in [2.75, 3.05) is 24.5 Å². The van der Waals surface area contributed by atoms with Gasteiger partial charge in [0, 0.05) is 42.6 Å². The Hall–Kier alpha value is -3.42. The highest BCUT2D eigenvalue weighted by Gasteiger charge is 2.28. The van der Waals surface area contributed by atoms with Crippen molar-refractivity contribution >= 4 is 34.1 Å². The molecule has 1 fully saturated rings. The first kappa shape index (κ1) is 20.2. The number of halogens is 1. The molecule has 0 spiro atoms. The molecule has 0 amide bonds. The SMILES string of the molecule is CC1CN(c2nc3ccccc3c3nnc(-c4ccco4)n23)CCN1Cc1cccc(Cl)c1. The Morgan fingerprint density at radius 1 is 1.03 bits per heavy atom. The van der Waals surface area contributed by atoms with Gasteiger partial charge >= 0.3 is 0 Å². The van der Waals surface area contributed by atoms with Crippen molar-refractivity contribution in [3.05, 3.63) is 77.5 Å². The molecule has 0 N–H and O–H groups in total. The highest BCUT2D eigenvalue weighted by Crippen LogP contribution is 2.30. The second-order valence-electron chi connectivity index (χ2n) is 8.48. The lowest BCUT2D eigenvalue weighted by molar-refractivity contribution is 0.180. The molecule has 1 aliphatic heterocycles. The molecule has 0 radical (unpaired) electrons. The molecule has 0 saturated carbocycles. The highest BCUT2D eigenvalue weighted by molar-refractivity contribution is 6.30. The van der Waals surface area contributed by atoms with Gasteiger partial charge in [-0.3, -0.25) is 4.90 Å². The summed E-state index contributed by atoms with van der Waals surface area (Å²) < 4.78 is 7.69. The Morgan fingerprint density at radius 2 is 1.94 bits per heavy atom. The maximum absolute atomic E-state index is 6.19. The average Bonchev–Trinajstić information content (AvgIpc) is 3.50. The lowest BCUT2D eigenvalue weighted by Crippen LogP contribution is -2.52. The Balaban J connectivity index is 1.38. The van der Waals surface area contributed by atoms with Crippen molar-refractivity contribution in [1.82, 2.24) is 24.5 Å². The molecule has 5 aromatic rings. The van der Waals surface area contributed by atoms with Crippen LogP contribution in [0.2, 0.25) is 5.02 Å². The third kappa shape index (κ3) is 3.63. The number of fused-ring (bicyclic) bond motifs is 3. The molecule has 6 rings (SSSR count). The van der Waals surface area contributed by atoms with Crippen LogP contribution in [0.25, 0.3) is 28.1 Å². The maximum Gasteiger partial charge on any atom is 0.213 e. The highest BCUT2D eigenvalue weighted by atomic mass is 35.5. The molecule has 1 aliphatic rings. The van der Waals surface area contributed by atoms with Gasteiger partial charge < -0.3 is 9.32 Å². The van der Waals surface area contributed by atoms with E-state index in [9.17, 15) is 0 Å². The van der Waals surface area contributed by atoms with Crippen LogP contribution in [0.5, 0.6) is 0 Å². The Bertz CT molecular complexity index is 1430.